The lowest BCUT2D eigenvalue weighted by atomic mass is 9.76. The van der Waals surface area contributed by atoms with E-state index < -0.39 is 0 Å². The summed E-state index contributed by atoms with van der Waals surface area (Å²) in [5, 5.41) is 0. The Labute approximate surface area is 93.8 Å². The Morgan fingerprint density at radius 1 is 1.33 bits per heavy atom. The van der Waals surface area contributed by atoms with Gasteiger partial charge in [-0.05, 0) is 33.2 Å². The highest BCUT2D eigenvalue weighted by molar-refractivity contribution is 6.54. The largest absolute Gasteiger partial charge is 0.494 e. The molecule has 0 unspecified atom stereocenters. The summed E-state index contributed by atoms with van der Waals surface area (Å²) in [4.78, 5) is 0. The standard InChI is InChI=1S/C12H21BO2/c1-8-11(9-10(2)3)13(14-7)15-12(4,5)6/h8-9H,1-2H2,3-7H3/b11-9+. The zero-order valence-electron chi connectivity index (χ0n) is 10.5. The van der Waals surface area contributed by atoms with Gasteiger partial charge < -0.3 is 9.31 Å². The number of hydrogen-bond acceptors (Lipinski definition) is 2. The van der Waals surface area contributed by atoms with Crippen LogP contribution in [0.4, 0.5) is 0 Å². The lowest BCUT2D eigenvalue weighted by Crippen LogP contribution is -2.34. The van der Waals surface area contributed by atoms with Crippen molar-refractivity contribution in [1.82, 2.24) is 0 Å². The Balaban J connectivity index is 4.77. The Kier molecular flexibility index (Phi) is 5.62. The molecule has 0 amide bonds. The van der Waals surface area contributed by atoms with Crippen molar-refractivity contribution in [2.75, 3.05) is 7.11 Å². The minimum absolute atomic E-state index is 0.252. The predicted octanol–water partition coefficient (Wildman–Crippen LogP) is 3.16. The molecule has 0 aromatic carbocycles. The minimum Gasteiger partial charge on any atom is -0.410 e. The third-order valence-electron chi connectivity index (χ3n) is 1.60. The van der Waals surface area contributed by atoms with Crippen LogP contribution in [0.25, 0.3) is 0 Å². The maximum Gasteiger partial charge on any atom is 0.494 e. The highest BCUT2D eigenvalue weighted by atomic mass is 16.6. The van der Waals surface area contributed by atoms with Crippen LogP contribution in [0.2, 0.25) is 0 Å². The van der Waals surface area contributed by atoms with Crippen LogP contribution < -0.4 is 0 Å². The van der Waals surface area contributed by atoms with Crippen molar-refractivity contribution in [1.29, 1.82) is 0 Å². The van der Waals surface area contributed by atoms with Crippen LogP contribution in [0, 0.1) is 0 Å². The molecule has 0 saturated carbocycles. The number of hydrogen-bond donors (Lipinski definition) is 0. The smallest absolute Gasteiger partial charge is 0.410 e. The Morgan fingerprint density at radius 3 is 2.13 bits per heavy atom. The van der Waals surface area contributed by atoms with Crippen LogP contribution in [0.15, 0.2) is 36.4 Å². The van der Waals surface area contributed by atoms with Gasteiger partial charge in [-0.1, -0.05) is 30.9 Å². The van der Waals surface area contributed by atoms with Gasteiger partial charge in [-0.2, -0.15) is 0 Å². The first-order valence-corrected chi connectivity index (χ1v) is 5.00. The molecule has 0 atom stereocenters. The van der Waals surface area contributed by atoms with Gasteiger partial charge in [0.2, 0.25) is 0 Å². The molecular weight excluding hydrogens is 187 g/mol. The number of allylic oxidation sites excluding steroid dienone is 4. The van der Waals surface area contributed by atoms with Crippen LogP contribution in [0.5, 0.6) is 0 Å². The molecule has 84 valence electrons. The maximum atomic E-state index is 5.74. The van der Waals surface area contributed by atoms with E-state index in [1.807, 2.05) is 33.8 Å². The maximum absolute atomic E-state index is 5.74. The molecule has 0 rings (SSSR count). The van der Waals surface area contributed by atoms with E-state index in [0.29, 0.717) is 0 Å². The molecule has 0 aliphatic carbocycles. The lowest BCUT2D eigenvalue weighted by molar-refractivity contribution is 0.0964. The van der Waals surface area contributed by atoms with Gasteiger partial charge in [0.25, 0.3) is 0 Å². The first-order chi connectivity index (χ1) is 6.80. The van der Waals surface area contributed by atoms with Gasteiger partial charge in [-0.15, -0.1) is 0 Å². The normalized spacial score (nSPS) is 12.5. The van der Waals surface area contributed by atoms with Crippen molar-refractivity contribution in [3.8, 4) is 0 Å². The van der Waals surface area contributed by atoms with Crippen LogP contribution in [0.3, 0.4) is 0 Å². The van der Waals surface area contributed by atoms with Crippen LogP contribution in [0.1, 0.15) is 27.7 Å². The molecule has 0 fully saturated rings. The molecule has 0 spiro atoms. The summed E-state index contributed by atoms with van der Waals surface area (Å²) >= 11 is 0. The molecule has 0 saturated heterocycles. The molecule has 0 bridgehead atoms. The topological polar surface area (TPSA) is 18.5 Å². The quantitative estimate of drug-likeness (QED) is 0.510. The monoisotopic (exact) mass is 208 g/mol. The summed E-state index contributed by atoms with van der Waals surface area (Å²) in [6, 6.07) is 0. The van der Waals surface area contributed by atoms with Crippen molar-refractivity contribution >= 4 is 7.12 Å². The fraction of sp³-hybridized carbons (Fsp3) is 0.500. The van der Waals surface area contributed by atoms with E-state index in [-0.39, 0.29) is 12.7 Å². The fourth-order valence-electron chi connectivity index (χ4n) is 1.08. The fourth-order valence-corrected chi connectivity index (χ4v) is 1.08. The average molecular weight is 208 g/mol. The van der Waals surface area contributed by atoms with E-state index in [0.717, 1.165) is 11.0 Å². The van der Waals surface area contributed by atoms with Crippen LogP contribution in [-0.4, -0.2) is 19.8 Å². The minimum atomic E-state index is -0.390. The van der Waals surface area contributed by atoms with Gasteiger partial charge in [-0.3, -0.25) is 0 Å². The van der Waals surface area contributed by atoms with E-state index in [1.165, 1.54) is 0 Å². The van der Waals surface area contributed by atoms with Gasteiger partial charge in [0.15, 0.2) is 0 Å². The predicted molar refractivity (Wildman–Crippen MR) is 66.7 cm³/mol. The first-order valence-electron chi connectivity index (χ1n) is 5.00. The molecule has 0 aliphatic rings. The molecule has 3 heteroatoms. The number of rotatable bonds is 5. The summed E-state index contributed by atoms with van der Waals surface area (Å²) in [6.07, 6.45) is 3.64. The molecule has 0 radical (unpaired) electrons. The zero-order valence-corrected chi connectivity index (χ0v) is 10.5. The SMILES string of the molecule is C=C/C(=C\C(=C)C)B(OC)OC(C)(C)C. The Morgan fingerprint density at radius 2 is 1.87 bits per heavy atom. The van der Waals surface area contributed by atoms with Crippen molar-refractivity contribution in [2.24, 2.45) is 0 Å². The first kappa shape index (κ1) is 14.2. The Bertz CT molecular complexity index is 261. The van der Waals surface area contributed by atoms with Gasteiger partial charge in [0, 0.05) is 12.7 Å². The van der Waals surface area contributed by atoms with E-state index in [1.54, 1.807) is 13.2 Å². The molecule has 0 aromatic heterocycles. The van der Waals surface area contributed by atoms with E-state index in [4.69, 9.17) is 9.31 Å². The van der Waals surface area contributed by atoms with Gasteiger partial charge in [-0.25, -0.2) is 0 Å². The van der Waals surface area contributed by atoms with Gasteiger partial charge in [0.05, 0.1) is 0 Å². The third kappa shape index (κ3) is 6.31. The Hall–Kier alpha value is -0.795. The molecule has 15 heavy (non-hydrogen) atoms. The second-order valence-electron chi connectivity index (χ2n) is 4.49. The highest BCUT2D eigenvalue weighted by Gasteiger charge is 2.26. The molecular formula is C12H21BO2. The van der Waals surface area contributed by atoms with E-state index in [2.05, 4.69) is 13.2 Å². The molecule has 0 N–H and O–H groups in total. The summed E-state index contributed by atoms with van der Waals surface area (Å²) in [5.41, 5.74) is 1.59. The van der Waals surface area contributed by atoms with Gasteiger partial charge >= 0.3 is 7.12 Å². The highest BCUT2D eigenvalue weighted by Crippen LogP contribution is 2.15. The second kappa shape index (κ2) is 5.94. The van der Waals surface area contributed by atoms with E-state index >= 15 is 0 Å². The molecule has 0 aromatic rings. The summed E-state index contributed by atoms with van der Waals surface area (Å²) in [5.74, 6) is 0. The molecule has 0 aliphatic heterocycles. The molecule has 2 nitrogen and oxygen atoms in total. The third-order valence-corrected chi connectivity index (χ3v) is 1.60. The zero-order chi connectivity index (χ0) is 12.1. The van der Waals surface area contributed by atoms with Crippen molar-refractivity contribution in [3.63, 3.8) is 0 Å². The van der Waals surface area contributed by atoms with Crippen LogP contribution in [-0.2, 0) is 9.31 Å². The average Bonchev–Trinajstić information content (AvgIpc) is 2.08. The molecule has 0 heterocycles. The summed E-state index contributed by atoms with van der Waals surface area (Å²) in [6.45, 7) is 15.4. The van der Waals surface area contributed by atoms with Crippen molar-refractivity contribution in [3.05, 3.63) is 36.4 Å². The van der Waals surface area contributed by atoms with Crippen molar-refractivity contribution in [2.45, 2.75) is 33.3 Å². The lowest BCUT2D eigenvalue weighted by Gasteiger charge is -2.24. The second-order valence-corrected chi connectivity index (χ2v) is 4.49. The summed E-state index contributed by atoms with van der Waals surface area (Å²) in [7, 11) is 1.23. The van der Waals surface area contributed by atoms with Crippen LogP contribution >= 0.6 is 0 Å². The van der Waals surface area contributed by atoms with E-state index in [9.17, 15) is 0 Å². The van der Waals surface area contributed by atoms with Gasteiger partial charge in [0.1, 0.15) is 0 Å². The summed E-state index contributed by atoms with van der Waals surface area (Å²) < 4.78 is 11.0. The van der Waals surface area contributed by atoms with Crippen molar-refractivity contribution < 1.29 is 9.31 Å².